The molecule has 88 valence electrons. The van der Waals surface area contributed by atoms with Crippen LogP contribution in [0.25, 0.3) is 0 Å². The van der Waals surface area contributed by atoms with Crippen molar-refractivity contribution in [1.29, 1.82) is 0 Å². The highest BCUT2D eigenvalue weighted by Crippen LogP contribution is 2.15. The van der Waals surface area contributed by atoms with Gasteiger partial charge in [-0.25, -0.2) is 9.48 Å². The van der Waals surface area contributed by atoms with E-state index in [9.17, 15) is 9.59 Å². The molecule has 0 saturated carbocycles. The van der Waals surface area contributed by atoms with Crippen LogP contribution >= 0.6 is 11.6 Å². The number of nitrogens with zero attached hydrogens (tertiary/aromatic N) is 2. The minimum Gasteiger partial charge on any atom is -0.480 e. The van der Waals surface area contributed by atoms with E-state index < -0.39 is 17.6 Å². The van der Waals surface area contributed by atoms with E-state index in [1.54, 1.807) is 0 Å². The third-order valence-corrected chi connectivity index (χ3v) is 2.27. The van der Waals surface area contributed by atoms with Crippen molar-refractivity contribution in [1.82, 2.24) is 9.78 Å². The Hall–Kier alpha value is -1.36. The summed E-state index contributed by atoms with van der Waals surface area (Å²) in [4.78, 5) is 22.5. The van der Waals surface area contributed by atoms with Gasteiger partial charge in [-0.15, -0.1) is 0 Å². The third kappa shape index (κ3) is 3.06. The van der Waals surface area contributed by atoms with Crippen LogP contribution in [0.4, 0.5) is 0 Å². The van der Waals surface area contributed by atoms with Crippen molar-refractivity contribution in [3.05, 3.63) is 27.6 Å². The summed E-state index contributed by atoms with van der Waals surface area (Å²) in [5, 5.41) is 12.9. The normalized spacial score (nSPS) is 12.8. The highest BCUT2D eigenvalue weighted by atomic mass is 35.5. The summed E-state index contributed by atoms with van der Waals surface area (Å²) in [7, 11) is 0. The van der Waals surface area contributed by atoms with Crippen LogP contribution in [-0.4, -0.2) is 20.9 Å². The van der Waals surface area contributed by atoms with E-state index in [0.29, 0.717) is 6.42 Å². The monoisotopic (exact) mass is 244 g/mol. The standard InChI is InChI=1S/C10H13ClN2O3/c1-6(2)5-7(10(15)16)13-9(14)4-3-8(11)12-13/h3-4,6-7H,5H2,1-2H3,(H,15,16). The first-order chi connectivity index (χ1) is 7.41. The fourth-order valence-electron chi connectivity index (χ4n) is 1.38. The Morgan fingerprint density at radius 1 is 1.56 bits per heavy atom. The molecule has 0 aliphatic heterocycles. The van der Waals surface area contributed by atoms with Crippen LogP contribution in [-0.2, 0) is 4.79 Å². The van der Waals surface area contributed by atoms with E-state index in [1.165, 1.54) is 12.1 Å². The summed E-state index contributed by atoms with van der Waals surface area (Å²) in [5.74, 6) is -0.931. The maximum atomic E-state index is 11.5. The Balaban J connectivity index is 3.15. The molecule has 0 radical (unpaired) electrons. The molecule has 0 aromatic carbocycles. The Morgan fingerprint density at radius 2 is 2.19 bits per heavy atom. The van der Waals surface area contributed by atoms with Gasteiger partial charge in [0.05, 0.1) is 0 Å². The SMILES string of the molecule is CC(C)CC(C(=O)O)n1nc(Cl)ccc1=O. The van der Waals surface area contributed by atoms with Gasteiger partial charge in [0.25, 0.3) is 5.56 Å². The summed E-state index contributed by atoms with van der Waals surface area (Å²) in [6.45, 7) is 3.76. The molecule has 0 bridgehead atoms. The molecule has 0 aliphatic rings. The van der Waals surface area contributed by atoms with Gasteiger partial charge < -0.3 is 5.11 Å². The van der Waals surface area contributed by atoms with E-state index in [-0.39, 0.29) is 11.1 Å². The van der Waals surface area contributed by atoms with Gasteiger partial charge in [0.15, 0.2) is 6.04 Å². The molecule has 16 heavy (non-hydrogen) atoms. The molecule has 6 heteroatoms. The maximum Gasteiger partial charge on any atom is 0.328 e. The summed E-state index contributed by atoms with van der Waals surface area (Å²) < 4.78 is 0.921. The fourth-order valence-corrected chi connectivity index (χ4v) is 1.52. The Morgan fingerprint density at radius 3 is 2.69 bits per heavy atom. The van der Waals surface area contributed by atoms with Gasteiger partial charge in [-0.1, -0.05) is 25.4 Å². The first-order valence-electron chi connectivity index (χ1n) is 4.90. The highest BCUT2D eigenvalue weighted by molar-refractivity contribution is 6.29. The lowest BCUT2D eigenvalue weighted by Crippen LogP contribution is -2.32. The second-order valence-corrected chi connectivity index (χ2v) is 4.31. The molecule has 5 nitrogen and oxygen atoms in total. The molecule has 1 aromatic rings. The van der Waals surface area contributed by atoms with Crippen LogP contribution in [0, 0.1) is 5.92 Å². The van der Waals surface area contributed by atoms with Gasteiger partial charge in [-0.3, -0.25) is 4.79 Å². The van der Waals surface area contributed by atoms with Gasteiger partial charge >= 0.3 is 5.97 Å². The number of carboxylic acid groups (broad SMARTS) is 1. The van der Waals surface area contributed by atoms with Crippen molar-refractivity contribution >= 4 is 17.6 Å². The molecule has 1 N–H and O–H groups in total. The van der Waals surface area contributed by atoms with E-state index >= 15 is 0 Å². The van der Waals surface area contributed by atoms with E-state index in [0.717, 1.165) is 4.68 Å². The molecule has 0 saturated heterocycles. The van der Waals surface area contributed by atoms with Crippen molar-refractivity contribution in [2.24, 2.45) is 5.92 Å². The fraction of sp³-hybridized carbons (Fsp3) is 0.500. The highest BCUT2D eigenvalue weighted by Gasteiger charge is 2.23. The van der Waals surface area contributed by atoms with Crippen molar-refractivity contribution < 1.29 is 9.90 Å². The predicted molar refractivity (Wildman–Crippen MR) is 59.6 cm³/mol. The molecule has 1 atom stereocenters. The number of carbonyl (C=O) groups is 1. The van der Waals surface area contributed by atoms with Crippen molar-refractivity contribution in [2.45, 2.75) is 26.3 Å². The number of hydrogen-bond acceptors (Lipinski definition) is 3. The number of halogens is 1. The second-order valence-electron chi connectivity index (χ2n) is 3.92. The first-order valence-corrected chi connectivity index (χ1v) is 5.27. The lowest BCUT2D eigenvalue weighted by Gasteiger charge is -2.16. The van der Waals surface area contributed by atoms with Crippen LogP contribution in [0.1, 0.15) is 26.3 Å². The van der Waals surface area contributed by atoms with Crippen molar-refractivity contribution in [2.75, 3.05) is 0 Å². The summed E-state index contributed by atoms with van der Waals surface area (Å²) >= 11 is 5.64. The van der Waals surface area contributed by atoms with E-state index in [1.807, 2.05) is 13.8 Å². The molecule has 0 amide bonds. The Kier molecular flexibility index (Phi) is 4.06. The molecular formula is C10H13ClN2O3. The van der Waals surface area contributed by atoms with E-state index in [4.69, 9.17) is 16.7 Å². The third-order valence-electron chi connectivity index (χ3n) is 2.07. The van der Waals surface area contributed by atoms with Crippen LogP contribution in [0.15, 0.2) is 16.9 Å². The van der Waals surface area contributed by atoms with Crippen molar-refractivity contribution in [3.8, 4) is 0 Å². The van der Waals surface area contributed by atoms with Crippen molar-refractivity contribution in [3.63, 3.8) is 0 Å². The number of aliphatic carboxylic acids is 1. The zero-order chi connectivity index (χ0) is 12.3. The minimum absolute atomic E-state index is 0.106. The van der Waals surface area contributed by atoms with Crippen LogP contribution in [0.2, 0.25) is 5.15 Å². The molecular weight excluding hydrogens is 232 g/mol. The van der Waals surface area contributed by atoms with E-state index in [2.05, 4.69) is 5.10 Å². The summed E-state index contributed by atoms with van der Waals surface area (Å²) in [6.07, 6.45) is 0.336. The number of aromatic nitrogens is 2. The predicted octanol–water partition coefficient (Wildman–Crippen LogP) is 1.57. The second kappa shape index (κ2) is 5.12. The Labute approximate surface area is 97.7 Å². The number of rotatable bonds is 4. The topological polar surface area (TPSA) is 72.2 Å². The molecule has 1 aromatic heterocycles. The van der Waals surface area contributed by atoms with Crippen LogP contribution < -0.4 is 5.56 Å². The molecule has 0 spiro atoms. The zero-order valence-electron chi connectivity index (χ0n) is 9.05. The summed E-state index contributed by atoms with van der Waals surface area (Å²) in [6, 6.07) is 1.59. The smallest absolute Gasteiger partial charge is 0.328 e. The van der Waals surface area contributed by atoms with Gasteiger partial charge in [0, 0.05) is 6.07 Å². The molecule has 1 unspecified atom stereocenters. The van der Waals surface area contributed by atoms with Gasteiger partial charge in [0.1, 0.15) is 5.15 Å². The minimum atomic E-state index is -1.08. The van der Waals surface area contributed by atoms with Gasteiger partial charge in [-0.05, 0) is 18.4 Å². The zero-order valence-corrected chi connectivity index (χ0v) is 9.81. The molecule has 0 aliphatic carbocycles. The molecule has 1 heterocycles. The van der Waals surface area contributed by atoms with Crippen LogP contribution in [0.3, 0.4) is 0 Å². The molecule has 0 fully saturated rings. The lowest BCUT2D eigenvalue weighted by molar-refractivity contribution is -0.141. The number of carboxylic acids is 1. The quantitative estimate of drug-likeness (QED) is 0.873. The average Bonchev–Trinajstić information content (AvgIpc) is 2.18. The first kappa shape index (κ1) is 12.7. The number of hydrogen-bond donors (Lipinski definition) is 1. The van der Waals surface area contributed by atoms with Crippen LogP contribution in [0.5, 0.6) is 0 Å². The lowest BCUT2D eigenvalue weighted by atomic mass is 10.0. The maximum absolute atomic E-state index is 11.5. The largest absolute Gasteiger partial charge is 0.480 e. The average molecular weight is 245 g/mol. The molecule has 1 rings (SSSR count). The van der Waals surface area contributed by atoms with Gasteiger partial charge in [0.2, 0.25) is 0 Å². The summed E-state index contributed by atoms with van der Waals surface area (Å²) in [5.41, 5.74) is -0.461. The Bertz CT molecular complexity index is 442. The van der Waals surface area contributed by atoms with Gasteiger partial charge in [-0.2, -0.15) is 5.10 Å².